The first-order valence-electron chi connectivity index (χ1n) is 7.88. The maximum absolute atomic E-state index is 9.65. The normalized spacial score (nSPS) is 12.9. The molecule has 3 heterocycles. The van der Waals surface area contributed by atoms with Gasteiger partial charge < -0.3 is 10.4 Å². The Morgan fingerprint density at radius 3 is 2.91 bits per heavy atom. The van der Waals surface area contributed by atoms with Crippen molar-refractivity contribution in [2.45, 2.75) is 26.2 Å². The lowest BCUT2D eigenvalue weighted by Crippen LogP contribution is -2.21. The molecule has 0 unspecified atom stereocenters. The Bertz CT molecular complexity index is 751. The number of fused-ring (bicyclic) bond motifs is 1. The number of anilines is 1. The van der Waals surface area contributed by atoms with Crippen molar-refractivity contribution < 1.29 is 5.11 Å². The lowest BCUT2D eigenvalue weighted by Gasteiger charge is -2.17. The number of aliphatic hydroxyl groups excluding tert-OH is 1. The molecule has 0 bridgehead atoms. The highest BCUT2D eigenvalue weighted by atomic mass is 32.1. The third-order valence-corrected chi connectivity index (χ3v) is 4.64. The van der Waals surface area contributed by atoms with Crippen molar-refractivity contribution in [2.24, 2.45) is 5.92 Å². The van der Waals surface area contributed by atoms with Gasteiger partial charge >= 0.3 is 0 Å². The van der Waals surface area contributed by atoms with Crippen molar-refractivity contribution in [1.29, 1.82) is 0 Å². The smallest absolute Gasteiger partial charge is 0.157 e. The highest BCUT2D eigenvalue weighted by molar-refractivity contribution is 7.07. The minimum absolute atomic E-state index is 0.160. The number of hydrogen-bond acceptors (Lipinski definition) is 5. The number of aliphatic hydroxyl groups is 1. The second-order valence-electron chi connectivity index (χ2n) is 6.09. The monoisotopic (exact) mass is 330 g/mol. The van der Waals surface area contributed by atoms with Crippen molar-refractivity contribution in [1.82, 2.24) is 14.6 Å². The van der Waals surface area contributed by atoms with Gasteiger partial charge in [0.2, 0.25) is 0 Å². The first kappa shape index (κ1) is 16.0. The molecule has 3 rings (SSSR count). The summed E-state index contributed by atoms with van der Waals surface area (Å²) in [5.74, 6) is 1.45. The number of aromatic nitrogens is 3. The molecule has 6 heteroatoms. The number of nitrogens with zero attached hydrogens (tertiary/aromatic N) is 3. The van der Waals surface area contributed by atoms with E-state index in [1.807, 2.05) is 16.6 Å². The lowest BCUT2D eigenvalue weighted by atomic mass is 10.0. The van der Waals surface area contributed by atoms with Gasteiger partial charge in [-0.15, -0.1) is 0 Å². The molecular formula is C17H22N4OS. The third kappa shape index (κ3) is 3.71. The van der Waals surface area contributed by atoms with Gasteiger partial charge in [0.05, 0.1) is 6.20 Å². The lowest BCUT2D eigenvalue weighted by molar-refractivity contribution is 0.232. The van der Waals surface area contributed by atoms with E-state index in [0.717, 1.165) is 23.6 Å². The van der Waals surface area contributed by atoms with Gasteiger partial charge in [0.25, 0.3) is 0 Å². The van der Waals surface area contributed by atoms with E-state index in [9.17, 15) is 5.11 Å². The van der Waals surface area contributed by atoms with Crippen LogP contribution in [0.3, 0.4) is 0 Å². The molecule has 23 heavy (non-hydrogen) atoms. The zero-order chi connectivity index (χ0) is 16.2. The van der Waals surface area contributed by atoms with Crippen LogP contribution in [0, 0.1) is 5.92 Å². The van der Waals surface area contributed by atoms with E-state index in [4.69, 9.17) is 0 Å². The van der Waals surface area contributed by atoms with Gasteiger partial charge in [0.1, 0.15) is 5.82 Å². The van der Waals surface area contributed by atoms with E-state index in [1.165, 1.54) is 5.56 Å². The molecule has 122 valence electrons. The Balaban J connectivity index is 1.76. The fourth-order valence-corrected chi connectivity index (χ4v) is 3.23. The van der Waals surface area contributed by atoms with E-state index in [0.29, 0.717) is 12.5 Å². The van der Waals surface area contributed by atoms with Crippen LogP contribution in [0.5, 0.6) is 0 Å². The van der Waals surface area contributed by atoms with Crippen LogP contribution in [0.25, 0.3) is 5.65 Å². The average molecular weight is 330 g/mol. The molecule has 0 fully saturated rings. The predicted octanol–water partition coefficient (Wildman–Crippen LogP) is 3.18. The van der Waals surface area contributed by atoms with Gasteiger partial charge in [-0.3, -0.25) is 0 Å². The fraction of sp³-hybridized carbons (Fsp3) is 0.412. The second kappa shape index (κ2) is 7.10. The van der Waals surface area contributed by atoms with Crippen LogP contribution in [-0.4, -0.2) is 32.9 Å². The van der Waals surface area contributed by atoms with Gasteiger partial charge in [-0.05, 0) is 34.7 Å². The summed E-state index contributed by atoms with van der Waals surface area (Å²) < 4.78 is 1.81. The highest BCUT2D eigenvalue weighted by Crippen LogP contribution is 2.19. The molecule has 0 amide bonds. The summed E-state index contributed by atoms with van der Waals surface area (Å²) >= 11 is 1.69. The molecule has 3 aromatic rings. The summed E-state index contributed by atoms with van der Waals surface area (Å²) in [7, 11) is 0. The maximum Gasteiger partial charge on any atom is 0.157 e. The Morgan fingerprint density at radius 1 is 1.35 bits per heavy atom. The molecule has 1 atom stereocenters. The summed E-state index contributed by atoms with van der Waals surface area (Å²) in [6.07, 6.45) is 2.63. The number of rotatable bonds is 7. The van der Waals surface area contributed by atoms with Crippen LogP contribution in [0.2, 0.25) is 0 Å². The molecule has 0 saturated carbocycles. The molecule has 0 aromatic carbocycles. The summed E-state index contributed by atoms with van der Waals surface area (Å²) in [5.41, 5.74) is 3.16. The van der Waals surface area contributed by atoms with Crippen molar-refractivity contribution in [3.8, 4) is 0 Å². The standard InChI is InChI=1S/C17H22N4OS/c1-12(2)15-8-17(21-16(20-15)3-5-19-21)18-9-14(10-22)7-13-4-6-23-11-13/h3-6,8,11-12,14,18,22H,7,9-10H2,1-2H3/t14-/m0/s1. The molecule has 0 saturated heterocycles. The van der Waals surface area contributed by atoms with Gasteiger partial charge in [0.15, 0.2) is 5.65 Å². The molecule has 0 aliphatic heterocycles. The molecular weight excluding hydrogens is 308 g/mol. The topological polar surface area (TPSA) is 62.5 Å². The van der Waals surface area contributed by atoms with E-state index >= 15 is 0 Å². The first-order chi connectivity index (χ1) is 11.2. The van der Waals surface area contributed by atoms with E-state index in [2.05, 4.69) is 46.1 Å². The van der Waals surface area contributed by atoms with E-state index < -0.39 is 0 Å². The van der Waals surface area contributed by atoms with Gasteiger partial charge in [-0.1, -0.05) is 13.8 Å². The van der Waals surface area contributed by atoms with Crippen LogP contribution >= 0.6 is 11.3 Å². The van der Waals surface area contributed by atoms with Crippen LogP contribution < -0.4 is 5.32 Å². The Kier molecular flexibility index (Phi) is 4.93. The molecule has 0 spiro atoms. The van der Waals surface area contributed by atoms with Crippen LogP contribution in [-0.2, 0) is 6.42 Å². The zero-order valence-electron chi connectivity index (χ0n) is 13.4. The van der Waals surface area contributed by atoms with Crippen molar-refractivity contribution >= 4 is 22.8 Å². The summed E-state index contributed by atoms with van der Waals surface area (Å²) in [5, 5.41) is 21.6. The third-order valence-electron chi connectivity index (χ3n) is 3.91. The summed E-state index contributed by atoms with van der Waals surface area (Å²) in [6.45, 7) is 5.12. The van der Waals surface area contributed by atoms with Crippen LogP contribution in [0.4, 0.5) is 5.82 Å². The zero-order valence-corrected chi connectivity index (χ0v) is 14.3. The van der Waals surface area contributed by atoms with E-state index in [-0.39, 0.29) is 12.5 Å². The van der Waals surface area contributed by atoms with Gasteiger partial charge in [-0.25, -0.2) is 4.98 Å². The van der Waals surface area contributed by atoms with Crippen LogP contribution in [0.15, 0.2) is 35.2 Å². The minimum Gasteiger partial charge on any atom is -0.396 e. The van der Waals surface area contributed by atoms with Gasteiger partial charge in [0, 0.05) is 36.9 Å². The maximum atomic E-state index is 9.65. The molecule has 2 N–H and O–H groups in total. The second-order valence-corrected chi connectivity index (χ2v) is 6.87. The SMILES string of the molecule is CC(C)c1cc(NC[C@@H](CO)Cc2ccsc2)n2nccc2n1. The van der Waals surface area contributed by atoms with Gasteiger partial charge in [-0.2, -0.15) is 21.0 Å². The molecule has 0 aliphatic carbocycles. The number of nitrogens with one attached hydrogen (secondary N) is 1. The minimum atomic E-state index is 0.160. The molecule has 3 aromatic heterocycles. The molecule has 0 radical (unpaired) electrons. The molecule has 5 nitrogen and oxygen atoms in total. The van der Waals surface area contributed by atoms with Crippen molar-refractivity contribution in [3.05, 3.63) is 46.4 Å². The van der Waals surface area contributed by atoms with E-state index in [1.54, 1.807) is 17.5 Å². The van der Waals surface area contributed by atoms with Crippen molar-refractivity contribution in [2.75, 3.05) is 18.5 Å². The van der Waals surface area contributed by atoms with Crippen LogP contribution in [0.1, 0.15) is 31.0 Å². The highest BCUT2D eigenvalue weighted by Gasteiger charge is 2.12. The molecule has 0 aliphatic rings. The summed E-state index contributed by atoms with van der Waals surface area (Å²) in [4.78, 5) is 4.62. The quantitative estimate of drug-likeness (QED) is 0.698. The Labute approximate surface area is 140 Å². The Morgan fingerprint density at radius 2 is 2.22 bits per heavy atom. The Hall–Kier alpha value is -1.92. The number of thiophene rings is 1. The summed E-state index contributed by atoms with van der Waals surface area (Å²) in [6, 6.07) is 6.07. The predicted molar refractivity (Wildman–Crippen MR) is 94.2 cm³/mol. The van der Waals surface area contributed by atoms with Crippen molar-refractivity contribution in [3.63, 3.8) is 0 Å². The number of hydrogen-bond donors (Lipinski definition) is 2. The first-order valence-corrected chi connectivity index (χ1v) is 8.82. The average Bonchev–Trinajstić information content (AvgIpc) is 3.21. The fourth-order valence-electron chi connectivity index (χ4n) is 2.55. The largest absolute Gasteiger partial charge is 0.396 e.